The Bertz CT molecular complexity index is 1020. The number of hydrogen-bond acceptors (Lipinski definition) is 3. The van der Waals surface area contributed by atoms with E-state index in [2.05, 4.69) is 76.0 Å². The summed E-state index contributed by atoms with van der Waals surface area (Å²) in [5.41, 5.74) is 7.51. The quantitative estimate of drug-likeness (QED) is 0.321. The van der Waals surface area contributed by atoms with Gasteiger partial charge in [-0.25, -0.2) is 0 Å². The number of morpholine rings is 1. The molecule has 0 atom stereocenters. The lowest BCUT2D eigenvalue weighted by Gasteiger charge is -2.23. The van der Waals surface area contributed by atoms with E-state index in [1.54, 1.807) is 4.90 Å². The van der Waals surface area contributed by atoms with E-state index in [9.17, 15) is 0 Å². The molecule has 4 rings (SSSR count). The Morgan fingerprint density at radius 1 is 1.13 bits per heavy atom. The molecule has 1 aromatic heterocycles. The van der Waals surface area contributed by atoms with Gasteiger partial charge in [0, 0.05) is 23.5 Å². The van der Waals surface area contributed by atoms with Crippen molar-refractivity contribution in [1.29, 1.82) is 0 Å². The largest absolute Gasteiger partial charge is 0.370 e. The fraction of sp³-hybridized carbons (Fsp3) is 0.304. The molecule has 0 spiro atoms. The Hall–Kier alpha value is -2.74. The van der Waals surface area contributed by atoms with Crippen LogP contribution in [-0.4, -0.2) is 55.3 Å². The molecule has 1 aliphatic heterocycles. The highest BCUT2D eigenvalue weighted by molar-refractivity contribution is 7.80. The van der Waals surface area contributed by atoms with Gasteiger partial charge in [-0.2, -0.15) is 5.10 Å². The van der Waals surface area contributed by atoms with E-state index < -0.39 is 0 Å². The van der Waals surface area contributed by atoms with Crippen LogP contribution in [0.1, 0.15) is 5.56 Å². The van der Waals surface area contributed by atoms with Crippen molar-refractivity contribution in [3.05, 3.63) is 60.2 Å². The third-order valence-electron chi connectivity index (χ3n) is 5.52. The Balaban J connectivity index is 1.45. The molecule has 1 aliphatic rings. The minimum Gasteiger partial charge on any atom is -0.370 e. The number of thiocarbonyl (C=S) groups is 1. The molecule has 0 aliphatic carbocycles. The zero-order valence-electron chi connectivity index (χ0n) is 17.2. The maximum Gasteiger partial charge on any atom is 0.187 e. The van der Waals surface area contributed by atoms with Crippen LogP contribution < -0.4 is 15.6 Å². The summed E-state index contributed by atoms with van der Waals surface area (Å²) >= 11 is 5.39. The molecule has 30 heavy (non-hydrogen) atoms. The number of para-hydroxylation sites is 1. The van der Waals surface area contributed by atoms with Gasteiger partial charge in [0.25, 0.3) is 0 Å². The maximum absolute atomic E-state index is 5.40. The van der Waals surface area contributed by atoms with E-state index in [1.807, 2.05) is 12.3 Å². The van der Waals surface area contributed by atoms with E-state index >= 15 is 0 Å². The van der Waals surface area contributed by atoms with Crippen molar-refractivity contribution in [2.45, 2.75) is 0 Å². The van der Waals surface area contributed by atoms with Crippen LogP contribution >= 0.6 is 12.2 Å². The first-order chi connectivity index (χ1) is 14.7. The van der Waals surface area contributed by atoms with Gasteiger partial charge < -0.3 is 19.5 Å². The lowest BCUT2D eigenvalue weighted by atomic mass is 10.1. The van der Waals surface area contributed by atoms with Crippen molar-refractivity contribution in [2.75, 3.05) is 39.4 Å². The minimum atomic E-state index is 0.542. The van der Waals surface area contributed by atoms with Crippen LogP contribution in [0, 0.1) is 0 Å². The Kier molecular flexibility index (Phi) is 6.74. The predicted molar refractivity (Wildman–Crippen MR) is 126 cm³/mol. The van der Waals surface area contributed by atoms with Gasteiger partial charge in [-0.15, -0.1) is 0 Å². The predicted octanol–water partition coefficient (Wildman–Crippen LogP) is 1.56. The molecule has 0 bridgehead atoms. The van der Waals surface area contributed by atoms with Crippen LogP contribution in [0.2, 0.25) is 0 Å². The van der Waals surface area contributed by atoms with Crippen LogP contribution in [0.5, 0.6) is 0 Å². The molecule has 7 heteroatoms. The Morgan fingerprint density at radius 2 is 1.87 bits per heavy atom. The molecule has 0 amide bonds. The number of aryl methyl sites for hydroxylation is 1. The highest BCUT2D eigenvalue weighted by Crippen LogP contribution is 2.31. The second kappa shape index (κ2) is 9.84. The molecule has 0 saturated carbocycles. The van der Waals surface area contributed by atoms with Crippen molar-refractivity contribution < 1.29 is 9.64 Å². The lowest BCUT2D eigenvalue weighted by molar-refractivity contribution is -0.906. The van der Waals surface area contributed by atoms with Crippen molar-refractivity contribution >= 4 is 34.4 Å². The van der Waals surface area contributed by atoms with Gasteiger partial charge in [0.05, 0.1) is 38.2 Å². The van der Waals surface area contributed by atoms with Crippen LogP contribution in [0.25, 0.3) is 22.2 Å². The van der Waals surface area contributed by atoms with E-state index in [-0.39, 0.29) is 0 Å². The molecule has 0 radical (unpaired) electrons. The van der Waals surface area contributed by atoms with E-state index in [1.165, 1.54) is 10.9 Å². The standard InChI is InChI=1S/C23H27N5OS/c1-27-21-10-6-5-9-19(21)20(22(27)18-7-3-2-4-8-18)17-25-26-23(30)24-11-12-28-13-15-29-16-14-28/h2-10,17H,11-16H2,1H3,(H2,24,26,30)/p+1/b25-17-. The molecule has 6 nitrogen and oxygen atoms in total. The molecule has 1 fully saturated rings. The van der Waals surface area contributed by atoms with Gasteiger partial charge in [-0.1, -0.05) is 48.5 Å². The van der Waals surface area contributed by atoms with Gasteiger partial charge in [-0.05, 0) is 23.8 Å². The first kappa shape index (κ1) is 20.5. The third kappa shape index (κ3) is 4.70. The van der Waals surface area contributed by atoms with Crippen LogP contribution in [0.4, 0.5) is 0 Å². The second-order valence-electron chi connectivity index (χ2n) is 7.44. The monoisotopic (exact) mass is 422 g/mol. The number of rotatable bonds is 6. The third-order valence-corrected chi connectivity index (χ3v) is 5.75. The van der Waals surface area contributed by atoms with Crippen LogP contribution in [-0.2, 0) is 11.8 Å². The van der Waals surface area contributed by atoms with Gasteiger partial charge in [-0.3, -0.25) is 5.43 Å². The summed E-state index contributed by atoms with van der Waals surface area (Å²) in [5.74, 6) is 0. The molecule has 1 saturated heterocycles. The van der Waals surface area contributed by atoms with Crippen LogP contribution in [0.3, 0.4) is 0 Å². The second-order valence-corrected chi connectivity index (χ2v) is 7.85. The minimum absolute atomic E-state index is 0.542. The number of quaternary nitrogens is 1. The topological polar surface area (TPSA) is 55.0 Å². The van der Waals surface area contributed by atoms with Crippen molar-refractivity contribution in [3.8, 4) is 11.3 Å². The average molecular weight is 423 g/mol. The number of fused-ring (bicyclic) bond motifs is 1. The number of nitrogens with one attached hydrogen (secondary N) is 3. The summed E-state index contributed by atoms with van der Waals surface area (Å²) in [6, 6.07) is 18.8. The summed E-state index contributed by atoms with van der Waals surface area (Å²) in [6.07, 6.45) is 1.87. The summed E-state index contributed by atoms with van der Waals surface area (Å²) in [5, 5.41) is 9.39. The van der Waals surface area contributed by atoms with Gasteiger partial charge in [0.15, 0.2) is 5.11 Å². The lowest BCUT2D eigenvalue weighted by Crippen LogP contribution is -3.14. The SMILES string of the molecule is Cn1c(-c2ccccc2)c(/C=N\NC(=S)NCC[NH+]2CCOCC2)c2ccccc21. The van der Waals surface area contributed by atoms with Gasteiger partial charge in [0.1, 0.15) is 13.1 Å². The van der Waals surface area contributed by atoms with Gasteiger partial charge in [0.2, 0.25) is 0 Å². The summed E-state index contributed by atoms with van der Waals surface area (Å²) in [7, 11) is 2.09. The first-order valence-electron chi connectivity index (χ1n) is 10.3. The fourth-order valence-electron chi connectivity index (χ4n) is 3.96. The summed E-state index contributed by atoms with van der Waals surface area (Å²) < 4.78 is 7.61. The molecule has 0 unspecified atom stereocenters. The van der Waals surface area contributed by atoms with E-state index in [0.717, 1.165) is 56.2 Å². The smallest absolute Gasteiger partial charge is 0.187 e. The first-order valence-corrected chi connectivity index (χ1v) is 10.8. The zero-order chi connectivity index (χ0) is 20.8. The van der Waals surface area contributed by atoms with Crippen molar-refractivity contribution in [2.24, 2.45) is 12.1 Å². The number of ether oxygens (including phenoxy) is 1. The number of hydrogen-bond donors (Lipinski definition) is 3. The zero-order valence-corrected chi connectivity index (χ0v) is 18.0. The average Bonchev–Trinajstić information content (AvgIpc) is 3.07. The molecule has 2 aromatic carbocycles. The van der Waals surface area contributed by atoms with Gasteiger partial charge >= 0.3 is 0 Å². The highest BCUT2D eigenvalue weighted by atomic mass is 32.1. The van der Waals surface area contributed by atoms with E-state index in [4.69, 9.17) is 17.0 Å². The molecular formula is C23H28N5OS+. The molecular weight excluding hydrogens is 394 g/mol. The molecule has 156 valence electrons. The van der Waals surface area contributed by atoms with Crippen molar-refractivity contribution in [1.82, 2.24) is 15.3 Å². The number of benzene rings is 2. The molecule has 2 heterocycles. The Labute approximate surface area is 182 Å². The number of aromatic nitrogens is 1. The molecule has 3 aromatic rings. The van der Waals surface area contributed by atoms with Crippen LogP contribution in [0.15, 0.2) is 59.7 Å². The molecule has 3 N–H and O–H groups in total. The maximum atomic E-state index is 5.40. The summed E-state index contributed by atoms with van der Waals surface area (Å²) in [6.45, 7) is 5.65. The Morgan fingerprint density at radius 3 is 2.67 bits per heavy atom. The van der Waals surface area contributed by atoms with Crippen molar-refractivity contribution in [3.63, 3.8) is 0 Å². The van der Waals surface area contributed by atoms with E-state index in [0.29, 0.717) is 5.11 Å². The summed E-state index contributed by atoms with van der Waals surface area (Å²) in [4.78, 5) is 1.54. The number of nitrogens with zero attached hydrogens (tertiary/aromatic N) is 2. The highest BCUT2D eigenvalue weighted by Gasteiger charge is 2.15. The number of hydrazone groups is 1. The fourth-order valence-corrected chi connectivity index (χ4v) is 4.11. The normalized spacial score (nSPS) is 15.0.